The molecule has 94 valence electrons. The second-order valence-corrected chi connectivity index (χ2v) is 3.30. The van der Waals surface area contributed by atoms with Crippen LogP contribution in [0.15, 0.2) is 36.3 Å². The zero-order chi connectivity index (χ0) is 13.2. The lowest BCUT2D eigenvalue weighted by Gasteiger charge is -2.04. The summed E-state index contributed by atoms with van der Waals surface area (Å²) in [6.07, 6.45) is 4.57. The minimum absolute atomic E-state index is 0.00467. The molecular formula is C12H14N4O2. The van der Waals surface area contributed by atoms with E-state index in [1.165, 1.54) is 13.3 Å². The quantitative estimate of drug-likeness (QED) is 0.437. The monoisotopic (exact) mass is 246 g/mol. The van der Waals surface area contributed by atoms with Crippen molar-refractivity contribution in [2.45, 2.75) is 0 Å². The van der Waals surface area contributed by atoms with Gasteiger partial charge in [-0.3, -0.25) is 9.78 Å². The van der Waals surface area contributed by atoms with Gasteiger partial charge in [-0.15, -0.1) is 0 Å². The Morgan fingerprint density at radius 2 is 2.50 bits per heavy atom. The highest BCUT2D eigenvalue weighted by molar-refractivity contribution is 5.97. The first-order valence-corrected chi connectivity index (χ1v) is 5.32. The lowest BCUT2D eigenvalue weighted by atomic mass is 10.3. The van der Waals surface area contributed by atoms with Crippen LogP contribution in [-0.2, 0) is 9.53 Å². The van der Waals surface area contributed by atoms with Gasteiger partial charge >= 0.3 is 0 Å². The number of carbonyl (C=O) groups is 1. The maximum absolute atomic E-state index is 11.6. The highest BCUT2D eigenvalue weighted by Crippen LogP contribution is 2.03. The number of nitrogens with zero attached hydrogens (tertiary/aromatic N) is 2. The maximum Gasteiger partial charge on any atom is 0.263 e. The molecule has 0 unspecified atom stereocenters. The summed E-state index contributed by atoms with van der Waals surface area (Å²) in [4.78, 5) is 15.5. The molecule has 1 aromatic rings. The van der Waals surface area contributed by atoms with Gasteiger partial charge in [0.05, 0.1) is 18.5 Å². The first-order chi connectivity index (χ1) is 8.77. The predicted octanol–water partition coefficient (Wildman–Crippen LogP) is 0.664. The van der Waals surface area contributed by atoms with Crippen molar-refractivity contribution in [1.29, 1.82) is 5.26 Å². The van der Waals surface area contributed by atoms with Crippen molar-refractivity contribution in [3.05, 3.63) is 36.3 Å². The van der Waals surface area contributed by atoms with E-state index in [1.54, 1.807) is 24.5 Å². The van der Waals surface area contributed by atoms with Gasteiger partial charge in [0.15, 0.2) is 0 Å². The minimum Gasteiger partial charge on any atom is -0.383 e. The summed E-state index contributed by atoms with van der Waals surface area (Å²) in [5.74, 6) is -0.439. The van der Waals surface area contributed by atoms with Crippen LogP contribution >= 0.6 is 0 Å². The molecule has 18 heavy (non-hydrogen) atoms. The molecule has 1 aromatic heterocycles. The van der Waals surface area contributed by atoms with E-state index in [4.69, 9.17) is 10.00 Å². The van der Waals surface area contributed by atoms with E-state index in [2.05, 4.69) is 15.6 Å². The molecule has 0 fully saturated rings. The van der Waals surface area contributed by atoms with Crippen molar-refractivity contribution in [2.24, 2.45) is 0 Å². The second-order valence-electron chi connectivity index (χ2n) is 3.30. The normalized spacial score (nSPS) is 10.6. The van der Waals surface area contributed by atoms with Crippen molar-refractivity contribution in [3.8, 4) is 6.07 Å². The number of pyridine rings is 1. The SMILES string of the molecule is COCCNC(=O)/C(C#N)=C\Nc1cccnc1. The van der Waals surface area contributed by atoms with Crippen LogP contribution in [0.1, 0.15) is 0 Å². The van der Waals surface area contributed by atoms with Gasteiger partial charge in [-0.25, -0.2) is 0 Å². The van der Waals surface area contributed by atoms with Gasteiger partial charge in [0.1, 0.15) is 11.6 Å². The van der Waals surface area contributed by atoms with E-state index < -0.39 is 5.91 Å². The summed E-state index contributed by atoms with van der Waals surface area (Å²) in [6, 6.07) is 5.35. The van der Waals surface area contributed by atoms with Gasteiger partial charge in [0.2, 0.25) is 0 Å². The van der Waals surface area contributed by atoms with Crippen molar-refractivity contribution in [1.82, 2.24) is 10.3 Å². The van der Waals surface area contributed by atoms with E-state index in [0.29, 0.717) is 18.8 Å². The molecular weight excluding hydrogens is 232 g/mol. The Morgan fingerprint density at radius 3 is 3.11 bits per heavy atom. The Hall–Kier alpha value is -2.39. The van der Waals surface area contributed by atoms with Crippen LogP contribution < -0.4 is 10.6 Å². The third-order valence-electron chi connectivity index (χ3n) is 2.00. The zero-order valence-corrected chi connectivity index (χ0v) is 10.0. The number of ether oxygens (including phenoxy) is 1. The molecule has 1 amide bonds. The summed E-state index contributed by atoms with van der Waals surface area (Å²) < 4.78 is 4.79. The molecule has 6 nitrogen and oxygen atoms in total. The Morgan fingerprint density at radius 1 is 1.67 bits per heavy atom. The number of amides is 1. The minimum atomic E-state index is -0.439. The fraction of sp³-hybridized carbons (Fsp3) is 0.250. The topological polar surface area (TPSA) is 87.0 Å². The number of hydrogen-bond donors (Lipinski definition) is 2. The Kier molecular flexibility index (Phi) is 5.94. The molecule has 0 aliphatic carbocycles. The molecule has 0 aliphatic heterocycles. The number of rotatable bonds is 6. The summed E-state index contributed by atoms with van der Waals surface area (Å²) in [7, 11) is 1.54. The fourth-order valence-electron chi connectivity index (χ4n) is 1.11. The lowest BCUT2D eigenvalue weighted by molar-refractivity contribution is -0.117. The number of carbonyl (C=O) groups excluding carboxylic acids is 1. The van der Waals surface area contributed by atoms with Gasteiger partial charge in [0.25, 0.3) is 5.91 Å². The highest BCUT2D eigenvalue weighted by atomic mass is 16.5. The van der Waals surface area contributed by atoms with Crippen LogP contribution in [0, 0.1) is 11.3 Å². The number of anilines is 1. The summed E-state index contributed by atoms with van der Waals surface area (Å²) in [5, 5.41) is 14.3. The van der Waals surface area contributed by atoms with Crippen LogP contribution in [-0.4, -0.2) is 31.2 Å². The molecule has 1 heterocycles. The number of nitrogens with one attached hydrogen (secondary N) is 2. The Balaban J connectivity index is 2.55. The van der Waals surface area contributed by atoms with Gasteiger partial charge < -0.3 is 15.4 Å². The second kappa shape index (κ2) is 7.81. The molecule has 0 spiro atoms. The molecule has 2 N–H and O–H groups in total. The van der Waals surface area contributed by atoms with Crippen LogP contribution in [0.25, 0.3) is 0 Å². The van der Waals surface area contributed by atoms with Crippen molar-refractivity contribution in [2.75, 3.05) is 25.6 Å². The number of hydrogen-bond acceptors (Lipinski definition) is 5. The average Bonchev–Trinajstić information content (AvgIpc) is 2.41. The summed E-state index contributed by atoms with van der Waals surface area (Å²) >= 11 is 0. The van der Waals surface area contributed by atoms with Gasteiger partial charge in [0, 0.05) is 26.1 Å². The Labute approximate surface area is 105 Å². The zero-order valence-electron chi connectivity index (χ0n) is 10.0. The first kappa shape index (κ1) is 13.7. The van der Waals surface area contributed by atoms with Gasteiger partial charge in [-0.1, -0.05) is 0 Å². The smallest absolute Gasteiger partial charge is 0.263 e. The first-order valence-electron chi connectivity index (χ1n) is 5.32. The van der Waals surface area contributed by atoms with Gasteiger partial charge in [-0.2, -0.15) is 5.26 Å². The predicted molar refractivity (Wildman–Crippen MR) is 66.4 cm³/mol. The lowest BCUT2D eigenvalue weighted by Crippen LogP contribution is -2.28. The molecule has 0 atom stereocenters. The summed E-state index contributed by atoms with van der Waals surface area (Å²) in [5.41, 5.74) is 0.699. The van der Waals surface area contributed by atoms with Crippen LogP contribution in [0.4, 0.5) is 5.69 Å². The third-order valence-corrected chi connectivity index (χ3v) is 2.00. The van der Waals surface area contributed by atoms with E-state index in [-0.39, 0.29) is 5.57 Å². The van der Waals surface area contributed by atoms with Crippen LogP contribution in [0.3, 0.4) is 0 Å². The van der Waals surface area contributed by atoms with Crippen LogP contribution in [0.2, 0.25) is 0 Å². The molecule has 0 aromatic carbocycles. The van der Waals surface area contributed by atoms with E-state index in [0.717, 1.165) is 0 Å². The third kappa shape index (κ3) is 4.63. The molecule has 0 aliphatic rings. The summed E-state index contributed by atoms with van der Waals surface area (Å²) in [6.45, 7) is 0.766. The standard InChI is InChI=1S/C12H14N4O2/c1-18-6-5-15-12(17)10(7-13)8-16-11-3-2-4-14-9-11/h2-4,8-9,16H,5-6H2,1H3,(H,15,17)/b10-8-. The molecule has 0 saturated heterocycles. The maximum atomic E-state index is 11.6. The van der Waals surface area contributed by atoms with Crippen molar-refractivity contribution < 1.29 is 9.53 Å². The largest absolute Gasteiger partial charge is 0.383 e. The molecule has 0 saturated carbocycles. The molecule has 1 rings (SSSR count). The molecule has 0 radical (unpaired) electrons. The average molecular weight is 246 g/mol. The molecule has 0 bridgehead atoms. The van der Waals surface area contributed by atoms with Crippen molar-refractivity contribution in [3.63, 3.8) is 0 Å². The number of methoxy groups -OCH3 is 1. The van der Waals surface area contributed by atoms with E-state index >= 15 is 0 Å². The highest BCUT2D eigenvalue weighted by Gasteiger charge is 2.07. The van der Waals surface area contributed by atoms with E-state index in [9.17, 15) is 4.79 Å². The van der Waals surface area contributed by atoms with Gasteiger partial charge in [-0.05, 0) is 12.1 Å². The Bertz CT molecular complexity index is 451. The molecule has 6 heteroatoms. The van der Waals surface area contributed by atoms with E-state index in [1.807, 2.05) is 6.07 Å². The number of nitriles is 1. The number of aromatic nitrogens is 1. The van der Waals surface area contributed by atoms with Crippen molar-refractivity contribution >= 4 is 11.6 Å². The van der Waals surface area contributed by atoms with Crippen LogP contribution in [0.5, 0.6) is 0 Å². The fourth-order valence-corrected chi connectivity index (χ4v) is 1.11.